The van der Waals surface area contributed by atoms with Gasteiger partial charge in [-0.1, -0.05) is 36.4 Å². The van der Waals surface area contributed by atoms with Crippen molar-refractivity contribution in [3.63, 3.8) is 0 Å². The minimum atomic E-state index is -4.16. The van der Waals surface area contributed by atoms with E-state index < -0.39 is 20.8 Å². The van der Waals surface area contributed by atoms with Crippen molar-refractivity contribution < 1.29 is 43.8 Å². The van der Waals surface area contributed by atoms with E-state index in [9.17, 15) is 21.6 Å². The van der Waals surface area contributed by atoms with E-state index >= 15 is 0 Å². The molecule has 0 atom stereocenters. The molecular weight excluding hydrogens is 370 g/mol. The zero-order chi connectivity index (χ0) is 19.6. The number of nitrogens with two attached hydrogens (primary N) is 1. The highest BCUT2D eigenvalue weighted by molar-refractivity contribution is 7.81. The van der Waals surface area contributed by atoms with Crippen molar-refractivity contribution in [2.24, 2.45) is 5.73 Å². The fourth-order valence-electron chi connectivity index (χ4n) is 0.468. The average molecular weight is 391 g/mol. The fraction of sp³-hybridized carbons (Fsp3) is 0.364. The molecule has 0 fully saturated rings. The van der Waals surface area contributed by atoms with Gasteiger partial charge in [0, 0.05) is 0 Å². The Hall–Kier alpha value is -1.61. The molecule has 24 heavy (non-hydrogen) atoms. The van der Waals surface area contributed by atoms with Crippen LogP contribution in [0, 0.1) is 0 Å². The van der Waals surface area contributed by atoms with E-state index in [0.29, 0.717) is 0 Å². The number of hydrogen-bond donors (Lipinski definition) is 3. The lowest BCUT2D eigenvalue weighted by Crippen LogP contribution is -2.14. The van der Waals surface area contributed by atoms with Crippen LogP contribution in [-0.2, 0) is 38.7 Å². The molecule has 0 aromatic heterocycles. The third-order valence-electron chi connectivity index (χ3n) is 1.48. The molecule has 0 saturated heterocycles. The van der Waals surface area contributed by atoms with Gasteiger partial charge in [-0.3, -0.25) is 22.3 Å². The van der Waals surface area contributed by atoms with Gasteiger partial charge in [-0.25, -0.2) is 0 Å². The molecule has 0 spiro atoms. The Labute approximate surface area is 141 Å². The van der Waals surface area contributed by atoms with Gasteiger partial charge in [0.2, 0.25) is 0 Å². The van der Waals surface area contributed by atoms with Crippen LogP contribution < -0.4 is 5.73 Å². The summed E-state index contributed by atoms with van der Waals surface area (Å²) in [7, 11) is -5.28. The molecule has 4 N–H and O–H groups in total. The molecule has 0 unspecified atom stereocenters. The van der Waals surface area contributed by atoms with Crippen molar-refractivity contribution in [1.82, 2.24) is 0 Å². The molecular formula is C11H21NO10S2. The third-order valence-corrected chi connectivity index (χ3v) is 2.32. The minimum absolute atomic E-state index is 0.0312. The lowest BCUT2D eigenvalue weighted by Gasteiger charge is -1.87. The SMILES string of the molecule is COC(=O)CN.COS(=O)(=O)O.COS(=O)(=O)O.c1ccccc1. The lowest BCUT2D eigenvalue weighted by molar-refractivity contribution is -0.138. The van der Waals surface area contributed by atoms with Gasteiger partial charge >= 0.3 is 26.8 Å². The van der Waals surface area contributed by atoms with E-state index in [-0.39, 0.29) is 12.5 Å². The van der Waals surface area contributed by atoms with Crippen LogP contribution in [0.3, 0.4) is 0 Å². The highest BCUT2D eigenvalue weighted by Crippen LogP contribution is 1.80. The second-order valence-electron chi connectivity index (χ2n) is 3.12. The van der Waals surface area contributed by atoms with Crippen LogP contribution in [0.2, 0.25) is 0 Å². The standard InChI is InChI=1S/C6H6.C3H7NO2.2CH4O4S/c1-2-4-6-5-3-1;1-6-3(5)2-4;2*1-5-6(2,3)4/h1-6H;2,4H2,1H3;2*1H3,(H,2,3,4). The molecule has 1 aromatic rings. The predicted octanol–water partition coefficient (Wildman–Crippen LogP) is -0.324. The van der Waals surface area contributed by atoms with Crippen molar-refractivity contribution in [3.05, 3.63) is 36.4 Å². The van der Waals surface area contributed by atoms with E-state index in [4.69, 9.17) is 14.8 Å². The zero-order valence-corrected chi connectivity index (χ0v) is 14.9. The maximum Gasteiger partial charge on any atom is 0.397 e. The summed E-state index contributed by atoms with van der Waals surface area (Å²) in [6, 6.07) is 12.0. The number of carbonyl (C=O) groups excluding carboxylic acids is 1. The van der Waals surface area contributed by atoms with E-state index in [1.807, 2.05) is 36.4 Å². The third kappa shape index (κ3) is 37.0. The van der Waals surface area contributed by atoms with Crippen LogP contribution in [-0.4, -0.2) is 59.8 Å². The van der Waals surface area contributed by atoms with Gasteiger partial charge in [-0.2, -0.15) is 16.8 Å². The van der Waals surface area contributed by atoms with Crippen molar-refractivity contribution in [2.45, 2.75) is 0 Å². The highest BCUT2D eigenvalue weighted by Gasteiger charge is 1.94. The summed E-state index contributed by atoms with van der Waals surface area (Å²) in [5, 5.41) is 0. The van der Waals surface area contributed by atoms with Crippen molar-refractivity contribution >= 4 is 26.8 Å². The summed E-state index contributed by atoms with van der Waals surface area (Å²) in [5.74, 6) is -0.380. The first-order valence-electron chi connectivity index (χ1n) is 5.76. The normalized spacial score (nSPS) is 9.75. The Morgan fingerprint density at radius 1 is 0.833 bits per heavy atom. The summed E-state index contributed by atoms with van der Waals surface area (Å²) in [5.41, 5.74) is 4.81. The van der Waals surface area contributed by atoms with Crippen LogP contribution in [0.4, 0.5) is 0 Å². The Morgan fingerprint density at radius 2 is 1.04 bits per heavy atom. The highest BCUT2D eigenvalue weighted by atomic mass is 32.3. The largest absolute Gasteiger partial charge is 0.468 e. The molecule has 0 aliphatic rings. The second kappa shape index (κ2) is 16.3. The van der Waals surface area contributed by atoms with Gasteiger partial charge in [0.25, 0.3) is 0 Å². The maximum atomic E-state index is 9.83. The molecule has 0 radical (unpaired) electrons. The molecule has 0 bridgehead atoms. The Kier molecular flexibility index (Phi) is 18.5. The first-order valence-corrected chi connectivity index (χ1v) is 8.49. The molecule has 11 nitrogen and oxygen atoms in total. The minimum Gasteiger partial charge on any atom is -0.468 e. The van der Waals surface area contributed by atoms with Gasteiger partial charge in [0.05, 0.1) is 27.9 Å². The van der Waals surface area contributed by atoms with Crippen LogP contribution in [0.15, 0.2) is 36.4 Å². The van der Waals surface area contributed by atoms with E-state index in [1.54, 1.807) is 0 Å². The fourth-order valence-corrected chi connectivity index (χ4v) is 0.468. The number of carbonyl (C=O) groups is 1. The topological polar surface area (TPSA) is 180 Å². The molecule has 0 saturated carbocycles. The molecule has 0 aliphatic carbocycles. The summed E-state index contributed by atoms with van der Waals surface area (Å²) < 4.78 is 63.6. The van der Waals surface area contributed by atoms with Gasteiger partial charge < -0.3 is 10.5 Å². The lowest BCUT2D eigenvalue weighted by atomic mass is 10.4. The Balaban J connectivity index is -0.000000245. The summed E-state index contributed by atoms with van der Waals surface area (Å²) in [6.45, 7) is -0.0312. The maximum absolute atomic E-state index is 9.83. The molecule has 1 rings (SSSR count). The molecule has 0 heterocycles. The van der Waals surface area contributed by atoms with Gasteiger partial charge in [-0.15, -0.1) is 0 Å². The average Bonchev–Trinajstić information content (AvgIpc) is 2.56. The quantitative estimate of drug-likeness (QED) is 0.453. The molecule has 13 heteroatoms. The van der Waals surface area contributed by atoms with Gasteiger partial charge in [-0.05, 0) is 0 Å². The number of hydrogen-bond acceptors (Lipinski definition) is 9. The van der Waals surface area contributed by atoms with E-state index in [2.05, 4.69) is 13.1 Å². The van der Waals surface area contributed by atoms with Crippen LogP contribution >= 0.6 is 0 Å². The predicted molar refractivity (Wildman–Crippen MR) is 84.6 cm³/mol. The van der Waals surface area contributed by atoms with E-state index in [0.717, 1.165) is 14.2 Å². The van der Waals surface area contributed by atoms with E-state index in [1.165, 1.54) is 7.11 Å². The molecule has 1 aromatic carbocycles. The first-order chi connectivity index (χ1) is 10.9. The van der Waals surface area contributed by atoms with Gasteiger partial charge in [0.1, 0.15) is 0 Å². The Bertz CT molecular complexity index is 536. The number of benzene rings is 1. The first kappa shape index (κ1) is 27.2. The number of methoxy groups -OCH3 is 1. The molecule has 0 aliphatic heterocycles. The van der Waals surface area contributed by atoms with Crippen LogP contribution in [0.5, 0.6) is 0 Å². The summed E-state index contributed by atoms with van der Waals surface area (Å²) in [4.78, 5) is 9.83. The Morgan fingerprint density at radius 3 is 1.08 bits per heavy atom. The summed E-state index contributed by atoms with van der Waals surface area (Å²) in [6.07, 6.45) is 0. The number of esters is 1. The number of ether oxygens (including phenoxy) is 1. The van der Waals surface area contributed by atoms with Crippen LogP contribution in [0.25, 0.3) is 0 Å². The molecule has 0 amide bonds. The smallest absolute Gasteiger partial charge is 0.397 e. The molecule has 142 valence electrons. The second-order valence-corrected chi connectivity index (χ2v) is 5.50. The monoisotopic (exact) mass is 391 g/mol. The summed E-state index contributed by atoms with van der Waals surface area (Å²) >= 11 is 0. The number of rotatable bonds is 3. The van der Waals surface area contributed by atoms with Crippen LogP contribution in [0.1, 0.15) is 0 Å². The van der Waals surface area contributed by atoms with Crippen molar-refractivity contribution in [2.75, 3.05) is 27.9 Å². The zero-order valence-electron chi connectivity index (χ0n) is 13.2. The van der Waals surface area contributed by atoms with Gasteiger partial charge in [0.15, 0.2) is 0 Å². The van der Waals surface area contributed by atoms with Crippen molar-refractivity contribution in [3.8, 4) is 0 Å². The van der Waals surface area contributed by atoms with Crippen molar-refractivity contribution in [1.29, 1.82) is 0 Å².